The minimum Gasteiger partial charge on any atom is -0.338 e. The minimum atomic E-state index is -0.362. The highest BCUT2D eigenvalue weighted by Gasteiger charge is 2.10. The molecule has 3 aromatic rings. The van der Waals surface area contributed by atoms with Gasteiger partial charge in [0.05, 0.1) is 0 Å². The zero-order valence-electron chi connectivity index (χ0n) is 16.8. The Kier molecular flexibility index (Phi) is 5.87. The standard InChI is InChI=1S/C22H23N5O2/c1-13-11-14(2)21(15(3)12-13)25-20-10-9-19(26-27-20)22(29)24-18-7-5-17(6-8-18)23-16(4)28/h5-12H,1-4H3,(H,23,28)(H,24,29)(H,25,27). The van der Waals surface area contributed by atoms with E-state index in [0.29, 0.717) is 17.2 Å². The molecular weight excluding hydrogens is 366 g/mol. The van der Waals surface area contributed by atoms with Crippen LogP contribution in [0, 0.1) is 20.8 Å². The lowest BCUT2D eigenvalue weighted by Crippen LogP contribution is -2.14. The minimum absolute atomic E-state index is 0.151. The van der Waals surface area contributed by atoms with Crippen LogP contribution in [0.4, 0.5) is 22.9 Å². The quantitative estimate of drug-likeness (QED) is 0.603. The second kappa shape index (κ2) is 8.52. The van der Waals surface area contributed by atoms with Gasteiger partial charge >= 0.3 is 0 Å². The third-order valence-electron chi connectivity index (χ3n) is 4.29. The smallest absolute Gasteiger partial charge is 0.276 e. The van der Waals surface area contributed by atoms with E-state index in [0.717, 1.165) is 16.8 Å². The molecule has 1 heterocycles. The third-order valence-corrected chi connectivity index (χ3v) is 4.29. The van der Waals surface area contributed by atoms with Crippen LogP contribution >= 0.6 is 0 Å². The van der Waals surface area contributed by atoms with Crippen LogP contribution in [0.5, 0.6) is 0 Å². The molecule has 0 aliphatic rings. The van der Waals surface area contributed by atoms with Crippen molar-refractivity contribution in [3.8, 4) is 0 Å². The van der Waals surface area contributed by atoms with Gasteiger partial charge in [-0.25, -0.2) is 0 Å². The highest BCUT2D eigenvalue weighted by Crippen LogP contribution is 2.25. The van der Waals surface area contributed by atoms with Crippen molar-refractivity contribution in [2.75, 3.05) is 16.0 Å². The van der Waals surface area contributed by atoms with E-state index in [2.05, 4.69) is 45.2 Å². The summed E-state index contributed by atoms with van der Waals surface area (Å²) < 4.78 is 0. The molecule has 0 saturated heterocycles. The number of aryl methyl sites for hydroxylation is 3. The van der Waals surface area contributed by atoms with Crippen LogP contribution < -0.4 is 16.0 Å². The average Bonchev–Trinajstić information content (AvgIpc) is 2.66. The highest BCUT2D eigenvalue weighted by molar-refractivity contribution is 6.03. The topological polar surface area (TPSA) is 96.0 Å². The van der Waals surface area contributed by atoms with Crippen LogP contribution in [0.3, 0.4) is 0 Å². The number of amides is 2. The highest BCUT2D eigenvalue weighted by atomic mass is 16.2. The molecule has 1 aromatic heterocycles. The van der Waals surface area contributed by atoms with E-state index in [-0.39, 0.29) is 17.5 Å². The number of hydrogen-bond acceptors (Lipinski definition) is 5. The van der Waals surface area contributed by atoms with Crippen LogP contribution in [0.15, 0.2) is 48.5 Å². The molecule has 0 atom stereocenters. The van der Waals surface area contributed by atoms with E-state index < -0.39 is 0 Å². The Hall–Kier alpha value is -3.74. The lowest BCUT2D eigenvalue weighted by molar-refractivity contribution is -0.114. The first-order valence-corrected chi connectivity index (χ1v) is 9.19. The summed E-state index contributed by atoms with van der Waals surface area (Å²) in [6.45, 7) is 7.57. The summed E-state index contributed by atoms with van der Waals surface area (Å²) in [5, 5.41) is 16.8. The first-order valence-electron chi connectivity index (χ1n) is 9.19. The van der Waals surface area contributed by atoms with Gasteiger partial charge in [0, 0.05) is 24.0 Å². The van der Waals surface area contributed by atoms with Crippen molar-refractivity contribution in [1.82, 2.24) is 10.2 Å². The van der Waals surface area contributed by atoms with Gasteiger partial charge in [0.2, 0.25) is 5.91 Å². The molecule has 0 aliphatic carbocycles. The lowest BCUT2D eigenvalue weighted by atomic mass is 10.1. The summed E-state index contributed by atoms with van der Waals surface area (Å²) in [6.07, 6.45) is 0. The Morgan fingerprint density at radius 2 is 1.38 bits per heavy atom. The van der Waals surface area contributed by atoms with Gasteiger partial charge in [-0.3, -0.25) is 9.59 Å². The molecule has 0 radical (unpaired) electrons. The number of benzene rings is 2. The molecule has 0 saturated carbocycles. The number of nitrogens with zero attached hydrogens (tertiary/aromatic N) is 2. The predicted octanol–water partition coefficient (Wildman–Crippen LogP) is 4.36. The Morgan fingerprint density at radius 1 is 0.793 bits per heavy atom. The van der Waals surface area contributed by atoms with Crippen molar-refractivity contribution < 1.29 is 9.59 Å². The van der Waals surface area contributed by atoms with E-state index >= 15 is 0 Å². The fourth-order valence-electron chi connectivity index (χ4n) is 3.06. The molecule has 3 N–H and O–H groups in total. The van der Waals surface area contributed by atoms with E-state index in [4.69, 9.17) is 0 Å². The van der Waals surface area contributed by atoms with Crippen LogP contribution in [-0.4, -0.2) is 22.0 Å². The first kappa shape index (κ1) is 20.0. The van der Waals surface area contributed by atoms with Crippen molar-refractivity contribution in [3.05, 3.63) is 70.9 Å². The molecule has 148 valence electrons. The molecule has 29 heavy (non-hydrogen) atoms. The average molecular weight is 389 g/mol. The number of aromatic nitrogens is 2. The second-order valence-electron chi connectivity index (χ2n) is 6.92. The summed E-state index contributed by atoms with van der Waals surface area (Å²) >= 11 is 0. The van der Waals surface area contributed by atoms with Crippen LogP contribution in [0.2, 0.25) is 0 Å². The zero-order chi connectivity index (χ0) is 21.0. The largest absolute Gasteiger partial charge is 0.338 e. The molecule has 0 fully saturated rings. The molecular formula is C22H23N5O2. The normalized spacial score (nSPS) is 10.3. The third kappa shape index (κ3) is 5.16. The van der Waals surface area contributed by atoms with Gasteiger partial charge in [-0.1, -0.05) is 17.7 Å². The van der Waals surface area contributed by atoms with Gasteiger partial charge in [-0.05, 0) is 68.3 Å². The second-order valence-corrected chi connectivity index (χ2v) is 6.92. The van der Waals surface area contributed by atoms with Gasteiger partial charge in [-0.15, -0.1) is 10.2 Å². The van der Waals surface area contributed by atoms with Gasteiger partial charge in [0.15, 0.2) is 11.5 Å². The molecule has 2 aromatic carbocycles. The summed E-state index contributed by atoms with van der Waals surface area (Å²) in [7, 11) is 0. The SMILES string of the molecule is CC(=O)Nc1ccc(NC(=O)c2ccc(Nc3c(C)cc(C)cc3C)nn2)cc1. The van der Waals surface area contributed by atoms with Crippen molar-refractivity contribution in [1.29, 1.82) is 0 Å². The fourth-order valence-corrected chi connectivity index (χ4v) is 3.06. The number of carbonyl (C=O) groups is 2. The van der Waals surface area contributed by atoms with Crippen molar-refractivity contribution in [2.45, 2.75) is 27.7 Å². The van der Waals surface area contributed by atoms with Gasteiger partial charge in [-0.2, -0.15) is 0 Å². The van der Waals surface area contributed by atoms with Crippen molar-refractivity contribution >= 4 is 34.7 Å². The van der Waals surface area contributed by atoms with E-state index in [1.807, 2.05) is 13.8 Å². The summed E-state index contributed by atoms with van der Waals surface area (Å²) in [5.74, 6) is 0.0528. The Balaban J connectivity index is 1.67. The Morgan fingerprint density at radius 3 is 1.90 bits per heavy atom. The van der Waals surface area contributed by atoms with Crippen molar-refractivity contribution in [2.24, 2.45) is 0 Å². The van der Waals surface area contributed by atoms with E-state index in [1.54, 1.807) is 36.4 Å². The number of nitrogens with one attached hydrogen (secondary N) is 3. The molecule has 0 unspecified atom stereocenters. The molecule has 7 heteroatoms. The maximum absolute atomic E-state index is 12.4. The van der Waals surface area contributed by atoms with Crippen LogP contribution in [0.25, 0.3) is 0 Å². The summed E-state index contributed by atoms with van der Waals surface area (Å²) in [5.41, 5.74) is 5.89. The van der Waals surface area contributed by atoms with E-state index in [1.165, 1.54) is 12.5 Å². The van der Waals surface area contributed by atoms with Gasteiger partial charge in [0.25, 0.3) is 5.91 Å². The van der Waals surface area contributed by atoms with Crippen molar-refractivity contribution in [3.63, 3.8) is 0 Å². The van der Waals surface area contributed by atoms with Gasteiger partial charge in [0.1, 0.15) is 0 Å². The number of anilines is 4. The number of hydrogen-bond donors (Lipinski definition) is 3. The Labute approximate surface area is 169 Å². The first-order chi connectivity index (χ1) is 13.8. The molecule has 0 bridgehead atoms. The maximum Gasteiger partial charge on any atom is 0.276 e. The zero-order valence-corrected chi connectivity index (χ0v) is 16.8. The van der Waals surface area contributed by atoms with Crippen LogP contribution in [0.1, 0.15) is 34.1 Å². The molecule has 7 nitrogen and oxygen atoms in total. The molecule has 2 amide bonds. The van der Waals surface area contributed by atoms with Gasteiger partial charge < -0.3 is 16.0 Å². The number of carbonyl (C=O) groups excluding carboxylic acids is 2. The summed E-state index contributed by atoms with van der Waals surface area (Å²) in [4.78, 5) is 23.4. The lowest BCUT2D eigenvalue weighted by Gasteiger charge is -2.13. The summed E-state index contributed by atoms with van der Waals surface area (Å²) in [6, 6.07) is 14.4. The Bertz CT molecular complexity index is 1020. The van der Waals surface area contributed by atoms with Crippen LogP contribution in [-0.2, 0) is 4.79 Å². The monoisotopic (exact) mass is 389 g/mol. The van der Waals surface area contributed by atoms with E-state index in [9.17, 15) is 9.59 Å². The fraction of sp³-hybridized carbons (Fsp3) is 0.182. The molecule has 0 spiro atoms. The predicted molar refractivity (Wildman–Crippen MR) is 115 cm³/mol. The number of rotatable bonds is 5. The maximum atomic E-state index is 12.4. The molecule has 0 aliphatic heterocycles. The molecule has 3 rings (SSSR count).